The van der Waals surface area contributed by atoms with Gasteiger partial charge in [0.25, 0.3) is 5.56 Å². The second kappa shape index (κ2) is 8.61. The molecule has 160 valence electrons. The summed E-state index contributed by atoms with van der Waals surface area (Å²) in [4.78, 5) is 31.0. The van der Waals surface area contributed by atoms with Crippen molar-refractivity contribution < 1.29 is 9.90 Å². The first kappa shape index (κ1) is 22.0. The maximum Gasteiger partial charge on any atom is 0.360 e. The van der Waals surface area contributed by atoms with Crippen LogP contribution in [0.5, 0.6) is 0 Å². The minimum Gasteiger partial charge on any atom is -0.476 e. The molecule has 0 spiro atoms. The minimum atomic E-state index is -1.29. The Morgan fingerprint density at radius 1 is 1.30 bits per heavy atom. The molecule has 30 heavy (non-hydrogen) atoms. The van der Waals surface area contributed by atoms with E-state index in [1.165, 1.54) is 0 Å². The van der Waals surface area contributed by atoms with Gasteiger partial charge in [0.1, 0.15) is 0 Å². The largest absolute Gasteiger partial charge is 0.476 e. The fourth-order valence-electron chi connectivity index (χ4n) is 4.29. The van der Waals surface area contributed by atoms with Gasteiger partial charge in [0.2, 0.25) is 5.69 Å². The number of hydrogen-bond acceptors (Lipinski definition) is 4. The van der Waals surface area contributed by atoms with Crippen molar-refractivity contribution in [2.45, 2.75) is 72.0 Å². The lowest BCUT2D eigenvalue weighted by Crippen LogP contribution is -2.38. The second-order valence-electron chi connectivity index (χ2n) is 9.32. The molecule has 0 unspecified atom stereocenters. The zero-order valence-electron chi connectivity index (χ0n) is 18.5. The minimum absolute atomic E-state index is 0.0255. The van der Waals surface area contributed by atoms with Crippen molar-refractivity contribution in [2.24, 2.45) is 5.41 Å². The monoisotopic (exact) mass is 409 g/mol. The zero-order valence-corrected chi connectivity index (χ0v) is 18.5. The van der Waals surface area contributed by atoms with Gasteiger partial charge in [-0.3, -0.25) is 9.69 Å². The van der Waals surface area contributed by atoms with Crippen LogP contribution in [0.2, 0.25) is 0 Å². The van der Waals surface area contributed by atoms with E-state index in [9.17, 15) is 14.7 Å². The summed E-state index contributed by atoms with van der Waals surface area (Å²) in [5, 5.41) is 9.46. The van der Waals surface area contributed by atoms with E-state index >= 15 is 0 Å². The Kier molecular flexibility index (Phi) is 6.33. The van der Waals surface area contributed by atoms with Gasteiger partial charge in [-0.05, 0) is 66.0 Å². The maximum atomic E-state index is 13.0. The summed E-state index contributed by atoms with van der Waals surface area (Å²) in [7, 11) is 0. The molecule has 3 rings (SSSR count). The van der Waals surface area contributed by atoms with Crippen LogP contribution >= 0.6 is 0 Å². The van der Waals surface area contributed by atoms with Gasteiger partial charge in [-0.1, -0.05) is 24.0 Å². The number of carboxylic acids is 1. The molecule has 1 saturated heterocycles. The van der Waals surface area contributed by atoms with Crippen LogP contribution in [0.4, 0.5) is 0 Å². The lowest BCUT2D eigenvalue weighted by molar-refractivity contribution is 0.0688. The lowest BCUT2D eigenvalue weighted by Gasteiger charge is -2.29. The van der Waals surface area contributed by atoms with E-state index in [1.54, 1.807) is 16.7 Å². The fraction of sp³-hybridized carbons (Fsp3) is 0.542. The highest BCUT2D eigenvalue weighted by molar-refractivity contribution is 5.88. The van der Waals surface area contributed by atoms with Gasteiger partial charge in [-0.2, -0.15) is 0 Å². The predicted molar refractivity (Wildman–Crippen MR) is 119 cm³/mol. The first-order valence-electron chi connectivity index (χ1n) is 10.6. The molecule has 0 saturated carbocycles. The number of nitrogens with zero attached hydrogens (tertiary/aromatic N) is 3. The number of aromatic carboxylic acids is 1. The maximum absolute atomic E-state index is 13.0. The smallest absolute Gasteiger partial charge is 0.360 e. The molecule has 0 amide bonds. The number of carboxylic acid groups (broad SMARTS) is 1. The van der Waals surface area contributed by atoms with Gasteiger partial charge in [0, 0.05) is 23.5 Å². The number of aromatic nitrogens is 2. The summed E-state index contributed by atoms with van der Waals surface area (Å²) < 4.78 is 1.60. The molecule has 1 aliphatic rings. The fourth-order valence-corrected chi connectivity index (χ4v) is 4.29. The van der Waals surface area contributed by atoms with Crippen molar-refractivity contribution in [3.05, 3.63) is 40.3 Å². The summed E-state index contributed by atoms with van der Waals surface area (Å²) in [6.07, 6.45) is 2.90. The number of likely N-dealkylation sites (tertiary alicyclic amines) is 1. The highest BCUT2D eigenvalue weighted by Crippen LogP contribution is 2.30. The topological polar surface area (TPSA) is 75.4 Å². The van der Waals surface area contributed by atoms with Gasteiger partial charge < -0.3 is 9.67 Å². The van der Waals surface area contributed by atoms with Gasteiger partial charge in [0.05, 0.1) is 17.6 Å². The summed E-state index contributed by atoms with van der Waals surface area (Å²) in [5.41, 5.74) is 0.202. The Morgan fingerprint density at radius 2 is 2.00 bits per heavy atom. The van der Waals surface area contributed by atoms with E-state index in [1.807, 2.05) is 19.1 Å². The summed E-state index contributed by atoms with van der Waals surface area (Å²) in [6.45, 7) is 11.2. The Balaban J connectivity index is 1.91. The number of fused-ring (bicyclic) bond motifs is 1. The van der Waals surface area contributed by atoms with Crippen LogP contribution < -0.4 is 5.56 Å². The molecule has 6 heteroatoms. The standard InChI is InChI=1S/C24H31N3O3/c1-16-11-12-18(26(16)14-8-13-24(3,4)5)15-17(2)27-20-10-7-6-9-19(20)25-21(22(27)28)23(29)30/h6-7,9-10,16-18H,11-12,14-15H2,1-5H3,(H,29,30)/t16-,17-,18-/m0/s1. The number of hydrogen-bond donors (Lipinski definition) is 1. The average Bonchev–Trinajstić information content (AvgIpc) is 2.99. The molecular weight excluding hydrogens is 378 g/mol. The zero-order chi connectivity index (χ0) is 22.1. The molecule has 0 radical (unpaired) electrons. The lowest BCUT2D eigenvalue weighted by atomic mass is 9.98. The van der Waals surface area contributed by atoms with Crippen LogP contribution in [-0.4, -0.2) is 44.2 Å². The molecule has 0 aliphatic carbocycles. The van der Waals surface area contributed by atoms with E-state index in [2.05, 4.69) is 49.4 Å². The summed E-state index contributed by atoms with van der Waals surface area (Å²) in [6, 6.07) is 7.81. The van der Waals surface area contributed by atoms with Crippen LogP contribution in [0, 0.1) is 17.3 Å². The van der Waals surface area contributed by atoms with Crippen molar-refractivity contribution in [1.29, 1.82) is 0 Å². The molecule has 2 heterocycles. The van der Waals surface area contributed by atoms with Crippen molar-refractivity contribution in [3.8, 4) is 11.8 Å². The average molecular weight is 410 g/mol. The molecule has 1 aliphatic heterocycles. The molecule has 1 N–H and O–H groups in total. The number of rotatable bonds is 5. The van der Waals surface area contributed by atoms with Crippen LogP contribution in [0.1, 0.15) is 70.4 Å². The first-order chi connectivity index (χ1) is 14.1. The highest BCUT2D eigenvalue weighted by Gasteiger charge is 2.32. The Hall–Kier alpha value is -2.65. The molecular formula is C24H31N3O3. The Labute approximate surface area is 177 Å². The van der Waals surface area contributed by atoms with Crippen LogP contribution in [0.25, 0.3) is 11.0 Å². The van der Waals surface area contributed by atoms with E-state index in [0.717, 1.165) is 19.3 Å². The molecule has 6 nitrogen and oxygen atoms in total. The Bertz CT molecular complexity index is 1060. The second-order valence-corrected chi connectivity index (χ2v) is 9.32. The normalized spacial score (nSPS) is 20.7. The quantitative estimate of drug-likeness (QED) is 0.757. The summed E-state index contributed by atoms with van der Waals surface area (Å²) >= 11 is 0. The van der Waals surface area contributed by atoms with Gasteiger partial charge in [-0.15, -0.1) is 0 Å². The SMILES string of the molecule is C[C@H]1CC[C@@H](C[C@H](C)n2c(=O)c(C(=O)O)nc3ccccc32)N1CC#CC(C)(C)C. The van der Waals surface area contributed by atoms with Crippen molar-refractivity contribution in [3.63, 3.8) is 0 Å². The van der Waals surface area contributed by atoms with Crippen molar-refractivity contribution in [2.75, 3.05) is 6.54 Å². The third-order valence-electron chi connectivity index (χ3n) is 5.73. The Morgan fingerprint density at radius 3 is 2.67 bits per heavy atom. The highest BCUT2D eigenvalue weighted by atomic mass is 16.4. The number of benzene rings is 1. The van der Waals surface area contributed by atoms with E-state index in [4.69, 9.17) is 0 Å². The van der Waals surface area contributed by atoms with Gasteiger partial charge >= 0.3 is 5.97 Å². The molecule has 1 aromatic heterocycles. The van der Waals surface area contributed by atoms with E-state index in [0.29, 0.717) is 29.7 Å². The van der Waals surface area contributed by atoms with E-state index < -0.39 is 17.2 Å². The van der Waals surface area contributed by atoms with Crippen molar-refractivity contribution in [1.82, 2.24) is 14.5 Å². The summed E-state index contributed by atoms with van der Waals surface area (Å²) in [5.74, 6) is 5.34. The molecule has 0 bridgehead atoms. The van der Waals surface area contributed by atoms with Crippen LogP contribution in [-0.2, 0) is 0 Å². The molecule has 1 aromatic carbocycles. The molecule has 2 aromatic rings. The number of carbonyl (C=O) groups is 1. The third kappa shape index (κ3) is 4.73. The van der Waals surface area contributed by atoms with Crippen LogP contribution in [0.3, 0.4) is 0 Å². The predicted octanol–water partition coefficient (Wildman–Crippen LogP) is 3.95. The third-order valence-corrected chi connectivity index (χ3v) is 5.73. The number of para-hydroxylation sites is 2. The van der Waals surface area contributed by atoms with Crippen LogP contribution in [0.15, 0.2) is 29.1 Å². The van der Waals surface area contributed by atoms with Crippen molar-refractivity contribution >= 4 is 17.0 Å². The van der Waals surface area contributed by atoms with Gasteiger partial charge in [0.15, 0.2) is 0 Å². The van der Waals surface area contributed by atoms with Gasteiger partial charge in [-0.25, -0.2) is 9.78 Å². The molecule has 1 fully saturated rings. The van der Waals surface area contributed by atoms with E-state index in [-0.39, 0.29) is 11.5 Å². The molecule has 3 atom stereocenters. The first-order valence-corrected chi connectivity index (χ1v) is 10.6.